The third kappa shape index (κ3) is 1.53. The fraction of sp³-hybridized carbons (Fsp3) is 0.133. The van der Waals surface area contributed by atoms with Crippen molar-refractivity contribution >= 4 is 16.6 Å². The van der Waals surface area contributed by atoms with Gasteiger partial charge in [-0.1, -0.05) is 6.07 Å². The molecule has 5 nitrogen and oxygen atoms in total. The summed E-state index contributed by atoms with van der Waals surface area (Å²) in [5.41, 5.74) is 6.55. The molecule has 0 aliphatic heterocycles. The molecule has 0 radical (unpaired) electrons. The average molecular weight is 263 g/mol. The fourth-order valence-electron chi connectivity index (χ4n) is 2.65. The van der Waals surface area contributed by atoms with Gasteiger partial charge in [0.25, 0.3) is 0 Å². The number of aromatic amines is 1. The number of rotatable bonds is 1. The van der Waals surface area contributed by atoms with Gasteiger partial charge in [0.2, 0.25) is 0 Å². The summed E-state index contributed by atoms with van der Waals surface area (Å²) in [5, 5.41) is 12.5. The lowest BCUT2D eigenvalue weighted by Gasteiger charge is -2.06. The molecule has 4 rings (SSSR count). The number of nitrogens with one attached hydrogen (secondary N) is 1. The minimum atomic E-state index is 0.896. The zero-order valence-electron chi connectivity index (χ0n) is 11.3. The molecular weight excluding hydrogens is 250 g/mol. The fourth-order valence-corrected chi connectivity index (χ4v) is 2.65. The summed E-state index contributed by atoms with van der Waals surface area (Å²) in [5.74, 6) is 0. The first kappa shape index (κ1) is 11.2. The lowest BCUT2D eigenvalue weighted by molar-refractivity contribution is 0.958. The molecule has 0 spiro atoms. The summed E-state index contributed by atoms with van der Waals surface area (Å²) < 4.78 is 1.82. The largest absolute Gasteiger partial charge is 0.278 e. The van der Waals surface area contributed by atoms with Crippen molar-refractivity contribution in [3.05, 3.63) is 48.0 Å². The number of H-pyrrole nitrogens is 1. The smallest absolute Gasteiger partial charge is 0.158 e. The average Bonchev–Trinajstić information content (AvgIpc) is 3.06. The molecular formula is C15H13N5. The van der Waals surface area contributed by atoms with Gasteiger partial charge in [0.15, 0.2) is 5.65 Å². The van der Waals surface area contributed by atoms with Gasteiger partial charge >= 0.3 is 0 Å². The maximum absolute atomic E-state index is 4.25. The monoisotopic (exact) mass is 263 g/mol. The van der Waals surface area contributed by atoms with E-state index in [9.17, 15) is 0 Å². The Morgan fingerprint density at radius 2 is 1.90 bits per heavy atom. The minimum Gasteiger partial charge on any atom is -0.278 e. The van der Waals surface area contributed by atoms with Crippen LogP contribution in [0.15, 0.2) is 36.9 Å². The van der Waals surface area contributed by atoms with Crippen molar-refractivity contribution in [2.75, 3.05) is 0 Å². The van der Waals surface area contributed by atoms with E-state index < -0.39 is 0 Å². The van der Waals surface area contributed by atoms with Crippen molar-refractivity contribution in [2.24, 2.45) is 0 Å². The van der Waals surface area contributed by atoms with Gasteiger partial charge in [-0.15, -0.1) is 0 Å². The maximum Gasteiger partial charge on any atom is 0.158 e. The van der Waals surface area contributed by atoms with Crippen LogP contribution in [0.2, 0.25) is 0 Å². The third-order valence-electron chi connectivity index (χ3n) is 3.66. The van der Waals surface area contributed by atoms with Crippen LogP contribution < -0.4 is 0 Å². The number of fused-ring (bicyclic) bond motifs is 2. The molecule has 3 aromatic heterocycles. The van der Waals surface area contributed by atoms with Crippen molar-refractivity contribution in [2.45, 2.75) is 13.8 Å². The molecule has 20 heavy (non-hydrogen) atoms. The van der Waals surface area contributed by atoms with Gasteiger partial charge in [-0.3, -0.25) is 5.10 Å². The summed E-state index contributed by atoms with van der Waals surface area (Å²) >= 11 is 0. The zero-order chi connectivity index (χ0) is 13.7. The van der Waals surface area contributed by atoms with Crippen molar-refractivity contribution < 1.29 is 0 Å². The van der Waals surface area contributed by atoms with Crippen LogP contribution in [-0.2, 0) is 0 Å². The highest BCUT2D eigenvalue weighted by atomic mass is 15.3. The second-order valence-corrected chi connectivity index (χ2v) is 5.06. The SMILES string of the molecule is Cc1cc(-c2cc(C)c3ncnn3c2)cc2[nH]ncc12. The molecule has 1 N–H and O–H groups in total. The van der Waals surface area contributed by atoms with Gasteiger partial charge in [0.1, 0.15) is 6.33 Å². The Kier molecular flexibility index (Phi) is 2.18. The second-order valence-electron chi connectivity index (χ2n) is 5.06. The van der Waals surface area contributed by atoms with Crippen molar-refractivity contribution in [3.8, 4) is 11.1 Å². The standard InChI is InChI=1S/C15H13N5/c1-9-3-11(5-14-13(9)6-17-19-14)12-4-10(2)15-16-8-18-20(15)7-12/h3-8H,1-2H3,(H,17,19). The van der Waals surface area contributed by atoms with E-state index in [0.717, 1.165) is 33.2 Å². The zero-order valence-corrected chi connectivity index (χ0v) is 11.3. The van der Waals surface area contributed by atoms with Crippen LogP contribution in [0.1, 0.15) is 11.1 Å². The molecule has 0 aliphatic rings. The predicted molar refractivity (Wildman–Crippen MR) is 77.5 cm³/mol. The van der Waals surface area contributed by atoms with Crippen LogP contribution in [0.3, 0.4) is 0 Å². The molecule has 0 fully saturated rings. The number of nitrogens with zero attached hydrogens (tertiary/aromatic N) is 4. The first-order chi connectivity index (χ1) is 9.72. The van der Waals surface area contributed by atoms with Gasteiger partial charge in [0.05, 0.1) is 11.7 Å². The van der Waals surface area contributed by atoms with Crippen LogP contribution in [0.5, 0.6) is 0 Å². The first-order valence-corrected chi connectivity index (χ1v) is 6.46. The van der Waals surface area contributed by atoms with E-state index in [0.29, 0.717) is 0 Å². The number of hydrogen-bond acceptors (Lipinski definition) is 3. The lowest BCUT2D eigenvalue weighted by atomic mass is 10.0. The topological polar surface area (TPSA) is 58.9 Å². The number of hydrogen-bond donors (Lipinski definition) is 1. The highest BCUT2D eigenvalue weighted by Crippen LogP contribution is 2.27. The number of benzene rings is 1. The Balaban J connectivity index is 2.00. The maximum atomic E-state index is 4.25. The number of aryl methyl sites for hydroxylation is 2. The Morgan fingerprint density at radius 1 is 1.05 bits per heavy atom. The molecule has 0 atom stereocenters. The Hall–Kier alpha value is -2.69. The molecule has 0 unspecified atom stereocenters. The van der Waals surface area contributed by atoms with E-state index in [1.165, 1.54) is 5.56 Å². The van der Waals surface area contributed by atoms with E-state index in [1.807, 2.05) is 16.9 Å². The van der Waals surface area contributed by atoms with Crippen molar-refractivity contribution in [1.29, 1.82) is 0 Å². The summed E-state index contributed by atoms with van der Waals surface area (Å²) in [6.07, 6.45) is 5.45. The Bertz CT molecular complexity index is 854. The Labute approximate surface area is 115 Å². The van der Waals surface area contributed by atoms with Crippen LogP contribution in [-0.4, -0.2) is 24.8 Å². The first-order valence-electron chi connectivity index (χ1n) is 6.46. The third-order valence-corrected chi connectivity index (χ3v) is 3.66. The lowest BCUT2D eigenvalue weighted by Crippen LogP contribution is -1.92. The molecule has 5 heteroatoms. The number of aromatic nitrogens is 5. The second kappa shape index (κ2) is 3.90. The van der Waals surface area contributed by atoms with Gasteiger partial charge < -0.3 is 0 Å². The van der Waals surface area contributed by atoms with E-state index in [2.05, 4.69) is 52.3 Å². The highest BCUT2D eigenvalue weighted by molar-refractivity contribution is 5.87. The van der Waals surface area contributed by atoms with Crippen LogP contribution >= 0.6 is 0 Å². The number of pyridine rings is 1. The van der Waals surface area contributed by atoms with Gasteiger partial charge in [-0.25, -0.2) is 9.50 Å². The molecule has 0 saturated heterocycles. The van der Waals surface area contributed by atoms with Crippen molar-refractivity contribution in [3.63, 3.8) is 0 Å². The quantitative estimate of drug-likeness (QED) is 0.574. The molecule has 0 aliphatic carbocycles. The summed E-state index contributed by atoms with van der Waals surface area (Å²) in [7, 11) is 0. The normalized spacial score (nSPS) is 11.5. The molecule has 0 bridgehead atoms. The highest BCUT2D eigenvalue weighted by Gasteiger charge is 2.08. The molecule has 4 aromatic rings. The van der Waals surface area contributed by atoms with Crippen LogP contribution in [0.4, 0.5) is 0 Å². The van der Waals surface area contributed by atoms with E-state index >= 15 is 0 Å². The van der Waals surface area contributed by atoms with Gasteiger partial charge in [-0.2, -0.15) is 10.2 Å². The van der Waals surface area contributed by atoms with Crippen LogP contribution in [0.25, 0.3) is 27.7 Å². The summed E-state index contributed by atoms with van der Waals surface area (Å²) in [4.78, 5) is 4.25. The van der Waals surface area contributed by atoms with E-state index in [1.54, 1.807) is 6.33 Å². The van der Waals surface area contributed by atoms with E-state index in [-0.39, 0.29) is 0 Å². The van der Waals surface area contributed by atoms with E-state index in [4.69, 9.17) is 0 Å². The van der Waals surface area contributed by atoms with Crippen molar-refractivity contribution in [1.82, 2.24) is 24.8 Å². The molecule has 1 aromatic carbocycles. The van der Waals surface area contributed by atoms with Gasteiger partial charge in [-0.05, 0) is 42.7 Å². The predicted octanol–water partition coefficient (Wildman–Crippen LogP) is 2.89. The molecule has 98 valence electrons. The molecule has 0 amide bonds. The summed E-state index contributed by atoms with van der Waals surface area (Å²) in [6, 6.07) is 6.43. The van der Waals surface area contributed by atoms with Crippen LogP contribution in [0, 0.1) is 13.8 Å². The summed E-state index contributed by atoms with van der Waals surface area (Å²) in [6.45, 7) is 4.15. The molecule has 0 saturated carbocycles. The Morgan fingerprint density at radius 3 is 2.80 bits per heavy atom. The van der Waals surface area contributed by atoms with Gasteiger partial charge in [0, 0.05) is 17.1 Å². The minimum absolute atomic E-state index is 0.896. The molecule has 3 heterocycles.